The third kappa shape index (κ3) is 3.80. The molecule has 24 heavy (non-hydrogen) atoms. The summed E-state index contributed by atoms with van der Waals surface area (Å²) in [7, 11) is 0. The number of unbranched alkanes of at least 4 members (excludes halogenated alkanes) is 1. The lowest BCUT2D eigenvalue weighted by molar-refractivity contribution is 0.393. The van der Waals surface area contributed by atoms with Crippen LogP contribution in [0.1, 0.15) is 62.1 Å². The molecule has 1 aromatic carbocycles. The smallest absolute Gasteiger partial charge is 0.0700 e. The maximum Gasteiger partial charge on any atom is 0.0700 e. The highest BCUT2D eigenvalue weighted by Gasteiger charge is 2.17. The van der Waals surface area contributed by atoms with Gasteiger partial charge in [0.05, 0.1) is 5.69 Å². The first-order valence-electron chi connectivity index (χ1n) is 9.39. The molecule has 0 bridgehead atoms. The fourth-order valence-corrected chi connectivity index (χ4v) is 4.00. The van der Waals surface area contributed by atoms with E-state index in [4.69, 9.17) is 0 Å². The third-order valence-corrected chi connectivity index (χ3v) is 5.48. The number of hydrogen-bond donors (Lipinski definition) is 0. The van der Waals surface area contributed by atoms with Crippen LogP contribution in [0.25, 0.3) is 5.57 Å². The van der Waals surface area contributed by atoms with Gasteiger partial charge in [0.2, 0.25) is 0 Å². The third-order valence-electron chi connectivity index (χ3n) is 5.48. The lowest BCUT2D eigenvalue weighted by Gasteiger charge is -2.16. The van der Waals surface area contributed by atoms with Gasteiger partial charge in [-0.05, 0) is 101 Å². The van der Waals surface area contributed by atoms with Crippen molar-refractivity contribution in [3.63, 3.8) is 0 Å². The molecule has 3 rings (SSSR count). The summed E-state index contributed by atoms with van der Waals surface area (Å²) in [4.78, 5) is 6.77. The van der Waals surface area contributed by atoms with Crippen LogP contribution in [0.4, 0.5) is 5.69 Å². The Hall–Kier alpha value is -1.83. The van der Waals surface area contributed by atoms with E-state index >= 15 is 0 Å². The zero-order valence-electron chi connectivity index (χ0n) is 15.3. The van der Waals surface area contributed by atoms with E-state index < -0.39 is 0 Å². The van der Waals surface area contributed by atoms with E-state index in [1.165, 1.54) is 79.5 Å². The summed E-state index contributed by atoms with van der Waals surface area (Å²) in [5.41, 5.74) is 8.29. The quantitative estimate of drug-likeness (QED) is 0.456. The molecule has 0 saturated carbocycles. The second-order valence-corrected chi connectivity index (χ2v) is 7.23. The van der Waals surface area contributed by atoms with E-state index in [1.54, 1.807) is 0 Å². The molecule has 0 atom stereocenters. The average molecular weight is 322 g/mol. The van der Waals surface area contributed by atoms with Crippen molar-refractivity contribution < 1.29 is 0 Å². The molecule has 1 aliphatic heterocycles. The normalized spacial score (nSPS) is 17.2. The summed E-state index contributed by atoms with van der Waals surface area (Å²) in [6.45, 7) is 10.7. The van der Waals surface area contributed by atoms with Crippen LogP contribution in [0.15, 0.2) is 35.0 Å². The number of nitrogens with zero attached hydrogens (tertiary/aromatic N) is 2. The molecule has 1 aliphatic carbocycles. The van der Waals surface area contributed by atoms with Crippen LogP contribution in [-0.2, 0) is 6.42 Å². The van der Waals surface area contributed by atoms with E-state index in [0.717, 1.165) is 12.1 Å². The van der Waals surface area contributed by atoms with E-state index in [2.05, 4.69) is 54.9 Å². The summed E-state index contributed by atoms with van der Waals surface area (Å²) in [6.07, 6.45) is 13.1. The molecule has 2 heteroatoms. The van der Waals surface area contributed by atoms with Crippen LogP contribution in [0.2, 0.25) is 0 Å². The van der Waals surface area contributed by atoms with E-state index in [-0.39, 0.29) is 0 Å². The van der Waals surface area contributed by atoms with Crippen molar-refractivity contribution in [2.45, 2.75) is 58.8 Å². The minimum absolute atomic E-state index is 1.08. The van der Waals surface area contributed by atoms with Gasteiger partial charge in [-0.3, -0.25) is 4.99 Å². The summed E-state index contributed by atoms with van der Waals surface area (Å²) in [5, 5.41) is 0. The van der Waals surface area contributed by atoms with Crippen LogP contribution < -0.4 is 0 Å². The topological polar surface area (TPSA) is 15.6 Å². The van der Waals surface area contributed by atoms with E-state index in [1.807, 2.05) is 0 Å². The zero-order chi connectivity index (χ0) is 16.9. The number of hydrogen-bond acceptors (Lipinski definition) is 2. The molecule has 0 saturated heterocycles. The molecule has 0 unspecified atom stereocenters. The molecule has 128 valence electrons. The zero-order valence-corrected chi connectivity index (χ0v) is 15.3. The van der Waals surface area contributed by atoms with Gasteiger partial charge < -0.3 is 4.90 Å². The Morgan fingerprint density at radius 3 is 2.71 bits per heavy atom. The molecule has 0 fully saturated rings. The van der Waals surface area contributed by atoms with Crippen LogP contribution in [-0.4, -0.2) is 24.7 Å². The van der Waals surface area contributed by atoms with Crippen molar-refractivity contribution >= 4 is 18.0 Å². The van der Waals surface area contributed by atoms with E-state index in [9.17, 15) is 0 Å². The predicted molar refractivity (Wildman–Crippen MR) is 105 cm³/mol. The summed E-state index contributed by atoms with van der Waals surface area (Å²) >= 11 is 0. The first kappa shape index (κ1) is 17.0. The Bertz CT molecular complexity index is 667. The van der Waals surface area contributed by atoms with Crippen molar-refractivity contribution in [3.8, 4) is 0 Å². The highest BCUT2D eigenvalue weighted by Crippen LogP contribution is 2.39. The van der Waals surface area contributed by atoms with Crippen molar-refractivity contribution in [1.82, 2.24) is 4.90 Å². The van der Waals surface area contributed by atoms with Gasteiger partial charge in [-0.1, -0.05) is 11.6 Å². The Kier molecular flexibility index (Phi) is 5.55. The van der Waals surface area contributed by atoms with Gasteiger partial charge in [0.25, 0.3) is 0 Å². The Morgan fingerprint density at radius 2 is 2.04 bits per heavy atom. The van der Waals surface area contributed by atoms with Crippen LogP contribution >= 0.6 is 0 Å². The summed E-state index contributed by atoms with van der Waals surface area (Å²) < 4.78 is 0. The van der Waals surface area contributed by atoms with Crippen molar-refractivity contribution in [2.24, 2.45) is 4.99 Å². The molecule has 2 nitrogen and oxygen atoms in total. The van der Waals surface area contributed by atoms with Gasteiger partial charge in [-0.2, -0.15) is 0 Å². The molecule has 2 aliphatic rings. The second-order valence-electron chi connectivity index (χ2n) is 7.23. The lowest BCUT2D eigenvalue weighted by Crippen LogP contribution is -2.15. The number of rotatable bonds is 7. The first-order chi connectivity index (χ1) is 11.7. The minimum Gasteiger partial charge on any atom is -0.377 e. The predicted octanol–water partition coefficient (Wildman–Crippen LogP) is 5.83. The monoisotopic (exact) mass is 322 g/mol. The molecule has 0 amide bonds. The highest BCUT2D eigenvalue weighted by atomic mass is 15.1. The molecule has 0 spiro atoms. The molecule has 0 radical (unpaired) electrons. The minimum atomic E-state index is 1.08. The maximum absolute atomic E-state index is 4.34. The molecular formula is C22H30N2. The van der Waals surface area contributed by atoms with Gasteiger partial charge in [-0.15, -0.1) is 0 Å². The van der Waals surface area contributed by atoms with Gasteiger partial charge in [0, 0.05) is 18.7 Å². The lowest BCUT2D eigenvalue weighted by atomic mass is 9.93. The maximum atomic E-state index is 4.34. The molecule has 1 aromatic rings. The number of benzene rings is 1. The standard InChI is InChI=1S/C22H30N2/c1-17-9-8-11-20(17)21-15-18(2)19(16-22(21)23-3)10-4-5-12-24-13-6-7-14-24/h6,13,15-16H,3-5,7-12,14H2,1-2H3. The van der Waals surface area contributed by atoms with Crippen molar-refractivity contribution in [2.75, 3.05) is 13.1 Å². The fraction of sp³-hybridized carbons (Fsp3) is 0.500. The number of allylic oxidation sites excluding steroid dienone is 2. The molecule has 0 aromatic heterocycles. The SMILES string of the molecule is C=Nc1cc(CCCCN2C=CCC2)c(C)cc1C1=C(C)CCC1. The number of aryl methyl sites for hydroxylation is 2. The van der Waals surface area contributed by atoms with Crippen LogP contribution in [0.5, 0.6) is 0 Å². The first-order valence-corrected chi connectivity index (χ1v) is 9.39. The Labute approximate surface area is 147 Å². The van der Waals surface area contributed by atoms with Gasteiger partial charge in [0.1, 0.15) is 0 Å². The second kappa shape index (κ2) is 7.83. The highest BCUT2D eigenvalue weighted by molar-refractivity contribution is 5.79. The van der Waals surface area contributed by atoms with Crippen molar-refractivity contribution in [1.29, 1.82) is 0 Å². The largest absolute Gasteiger partial charge is 0.377 e. The fourth-order valence-electron chi connectivity index (χ4n) is 4.00. The van der Waals surface area contributed by atoms with Crippen molar-refractivity contribution in [3.05, 3.63) is 46.7 Å². The Morgan fingerprint density at radius 1 is 1.17 bits per heavy atom. The van der Waals surface area contributed by atoms with Crippen LogP contribution in [0, 0.1) is 6.92 Å². The molecule has 0 N–H and O–H groups in total. The van der Waals surface area contributed by atoms with Crippen LogP contribution in [0.3, 0.4) is 0 Å². The summed E-state index contributed by atoms with van der Waals surface area (Å²) in [5.74, 6) is 0. The van der Waals surface area contributed by atoms with Gasteiger partial charge >= 0.3 is 0 Å². The average Bonchev–Trinajstić information content (AvgIpc) is 3.24. The Balaban J connectivity index is 1.66. The van der Waals surface area contributed by atoms with E-state index in [0.29, 0.717) is 0 Å². The summed E-state index contributed by atoms with van der Waals surface area (Å²) in [6, 6.07) is 4.64. The molecular weight excluding hydrogens is 292 g/mol. The number of aliphatic imine (C=N–C) groups is 1. The van der Waals surface area contributed by atoms with Gasteiger partial charge in [-0.25, -0.2) is 0 Å². The van der Waals surface area contributed by atoms with Gasteiger partial charge in [0.15, 0.2) is 0 Å². The molecule has 1 heterocycles.